The Bertz CT molecular complexity index is 401. The molecule has 88 valence electrons. The molecule has 1 aromatic rings. The van der Waals surface area contributed by atoms with Crippen LogP contribution < -0.4 is 10.5 Å². The van der Waals surface area contributed by atoms with Crippen LogP contribution in [-0.2, 0) is 5.41 Å². The lowest BCUT2D eigenvalue weighted by molar-refractivity contribution is 0.114. The van der Waals surface area contributed by atoms with E-state index in [0.29, 0.717) is 0 Å². The summed E-state index contributed by atoms with van der Waals surface area (Å²) < 4.78 is 5.38. The molecule has 3 N–H and O–H groups in total. The molecule has 0 aromatic heterocycles. The maximum Gasteiger partial charge on any atom is 0.122 e. The largest absolute Gasteiger partial charge is 0.496 e. The average Bonchev–Trinajstić information content (AvgIpc) is 2.24. The van der Waals surface area contributed by atoms with Gasteiger partial charge < -0.3 is 15.6 Å². The molecule has 3 nitrogen and oxygen atoms in total. The van der Waals surface area contributed by atoms with Crippen molar-refractivity contribution in [1.29, 1.82) is 0 Å². The second-order valence-electron chi connectivity index (χ2n) is 5.12. The quantitative estimate of drug-likeness (QED) is 0.759. The Balaban J connectivity index is 2.64. The highest BCUT2D eigenvalue weighted by molar-refractivity contribution is 5.48. The van der Waals surface area contributed by atoms with Crippen LogP contribution in [0.15, 0.2) is 18.2 Å². The molecule has 1 aliphatic rings. The summed E-state index contributed by atoms with van der Waals surface area (Å²) in [6.07, 6.45) is 0.180. The van der Waals surface area contributed by atoms with Gasteiger partial charge in [0.05, 0.1) is 13.2 Å². The van der Waals surface area contributed by atoms with Gasteiger partial charge in [0.15, 0.2) is 0 Å². The zero-order valence-electron chi connectivity index (χ0n) is 10.0. The van der Waals surface area contributed by atoms with Gasteiger partial charge in [-0.05, 0) is 23.5 Å². The molecular weight excluding hydrogens is 202 g/mol. The molecule has 0 saturated carbocycles. The van der Waals surface area contributed by atoms with E-state index in [9.17, 15) is 5.11 Å². The molecule has 0 heterocycles. The summed E-state index contributed by atoms with van der Waals surface area (Å²) in [6.45, 7) is 4.28. The molecule has 0 radical (unpaired) electrons. The summed E-state index contributed by atoms with van der Waals surface area (Å²) in [7, 11) is 1.66. The van der Waals surface area contributed by atoms with Crippen LogP contribution in [0.25, 0.3) is 0 Å². The van der Waals surface area contributed by atoms with Crippen LogP contribution in [0, 0.1) is 0 Å². The summed E-state index contributed by atoms with van der Waals surface area (Å²) >= 11 is 0. The summed E-state index contributed by atoms with van der Waals surface area (Å²) in [4.78, 5) is 0. The molecule has 1 aromatic carbocycles. The molecule has 2 atom stereocenters. The first-order valence-corrected chi connectivity index (χ1v) is 5.58. The van der Waals surface area contributed by atoms with Crippen molar-refractivity contribution in [1.82, 2.24) is 0 Å². The highest BCUT2D eigenvalue weighted by Gasteiger charge is 2.38. The number of aliphatic hydroxyl groups is 1. The van der Waals surface area contributed by atoms with E-state index < -0.39 is 6.10 Å². The van der Waals surface area contributed by atoms with Crippen molar-refractivity contribution in [2.24, 2.45) is 5.73 Å². The van der Waals surface area contributed by atoms with Crippen molar-refractivity contribution < 1.29 is 9.84 Å². The fourth-order valence-corrected chi connectivity index (χ4v) is 2.72. The molecule has 0 amide bonds. The monoisotopic (exact) mass is 221 g/mol. The SMILES string of the molecule is COc1cccc2c1C(C)(C)CC(N)C2O. The molecule has 0 aliphatic heterocycles. The van der Waals surface area contributed by atoms with Crippen molar-refractivity contribution in [2.75, 3.05) is 7.11 Å². The minimum Gasteiger partial charge on any atom is -0.496 e. The van der Waals surface area contributed by atoms with Crippen LogP contribution >= 0.6 is 0 Å². The molecule has 0 spiro atoms. The van der Waals surface area contributed by atoms with E-state index in [-0.39, 0.29) is 11.5 Å². The maximum atomic E-state index is 10.1. The van der Waals surface area contributed by atoms with Crippen molar-refractivity contribution in [3.63, 3.8) is 0 Å². The minimum atomic E-state index is -0.585. The zero-order valence-corrected chi connectivity index (χ0v) is 10.0. The first-order valence-electron chi connectivity index (χ1n) is 5.58. The number of benzene rings is 1. The Morgan fingerprint density at radius 1 is 1.44 bits per heavy atom. The van der Waals surface area contributed by atoms with E-state index >= 15 is 0 Å². The molecule has 2 rings (SSSR count). The first-order chi connectivity index (χ1) is 7.47. The molecule has 16 heavy (non-hydrogen) atoms. The maximum absolute atomic E-state index is 10.1. The Hall–Kier alpha value is -1.06. The molecule has 1 aliphatic carbocycles. The van der Waals surface area contributed by atoms with Gasteiger partial charge in [-0.15, -0.1) is 0 Å². The Morgan fingerprint density at radius 2 is 2.12 bits per heavy atom. The van der Waals surface area contributed by atoms with Crippen LogP contribution in [0.3, 0.4) is 0 Å². The van der Waals surface area contributed by atoms with Crippen molar-refractivity contribution in [2.45, 2.75) is 37.8 Å². The highest BCUT2D eigenvalue weighted by atomic mass is 16.5. The van der Waals surface area contributed by atoms with Gasteiger partial charge in [0.2, 0.25) is 0 Å². The third-order valence-electron chi connectivity index (χ3n) is 3.43. The predicted molar refractivity (Wildman–Crippen MR) is 63.6 cm³/mol. The number of nitrogens with two attached hydrogens (primary N) is 1. The fourth-order valence-electron chi connectivity index (χ4n) is 2.72. The van der Waals surface area contributed by atoms with Gasteiger partial charge in [-0.3, -0.25) is 0 Å². The van der Waals surface area contributed by atoms with Crippen molar-refractivity contribution in [3.05, 3.63) is 29.3 Å². The minimum absolute atomic E-state index is 0.0550. The van der Waals surface area contributed by atoms with E-state index in [4.69, 9.17) is 10.5 Å². The lowest BCUT2D eigenvalue weighted by Gasteiger charge is -2.39. The standard InChI is InChI=1S/C13H19NO2/c1-13(2)7-9(14)12(15)8-5-4-6-10(16-3)11(8)13/h4-6,9,12,15H,7,14H2,1-3H3. The number of ether oxygens (including phenoxy) is 1. The van der Waals surface area contributed by atoms with Gasteiger partial charge in [0.25, 0.3) is 0 Å². The van der Waals surface area contributed by atoms with E-state index in [1.165, 1.54) is 0 Å². The van der Waals surface area contributed by atoms with Gasteiger partial charge in [-0.1, -0.05) is 26.0 Å². The van der Waals surface area contributed by atoms with E-state index in [0.717, 1.165) is 23.3 Å². The molecule has 0 saturated heterocycles. The second kappa shape index (κ2) is 3.75. The number of aliphatic hydroxyl groups excluding tert-OH is 1. The van der Waals surface area contributed by atoms with Gasteiger partial charge in [-0.25, -0.2) is 0 Å². The van der Waals surface area contributed by atoms with Crippen LogP contribution in [0.2, 0.25) is 0 Å². The number of hydrogen-bond acceptors (Lipinski definition) is 3. The van der Waals surface area contributed by atoms with Gasteiger partial charge in [0.1, 0.15) is 5.75 Å². The highest BCUT2D eigenvalue weighted by Crippen LogP contribution is 2.45. The second-order valence-corrected chi connectivity index (χ2v) is 5.12. The number of rotatable bonds is 1. The van der Waals surface area contributed by atoms with Crippen LogP contribution in [0.4, 0.5) is 0 Å². The molecule has 0 fully saturated rings. The summed E-state index contributed by atoms with van der Waals surface area (Å²) in [6, 6.07) is 5.57. The predicted octanol–water partition coefficient (Wildman–Crippen LogP) is 1.74. The van der Waals surface area contributed by atoms with Crippen LogP contribution in [0.1, 0.15) is 37.5 Å². The number of hydrogen-bond donors (Lipinski definition) is 2. The molecule has 0 bridgehead atoms. The van der Waals surface area contributed by atoms with E-state index in [2.05, 4.69) is 13.8 Å². The van der Waals surface area contributed by atoms with Crippen molar-refractivity contribution >= 4 is 0 Å². The lowest BCUT2D eigenvalue weighted by Crippen LogP contribution is -2.41. The summed E-state index contributed by atoms with van der Waals surface area (Å²) in [5, 5.41) is 10.1. The molecule has 2 unspecified atom stereocenters. The van der Waals surface area contributed by atoms with Gasteiger partial charge in [0, 0.05) is 11.6 Å². The van der Waals surface area contributed by atoms with Crippen LogP contribution in [0.5, 0.6) is 5.75 Å². The normalized spacial score (nSPS) is 27.3. The summed E-state index contributed by atoms with van der Waals surface area (Å²) in [5.41, 5.74) is 7.91. The van der Waals surface area contributed by atoms with Gasteiger partial charge >= 0.3 is 0 Å². The fraction of sp³-hybridized carbons (Fsp3) is 0.538. The van der Waals surface area contributed by atoms with E-state index in [1.54, 1.807) is 7.11 Å². The topological polar surface area (TPSA) is 55.5 Å². The Labute approximate surface area is 96.2 Å². The van der Waals surface area contributed by atoms with E-state index in [1.807, 2.05) is 18.2 Å². The zero-order chi connectivity index (χ0) is 11.9. The third-order valence-corrected chi connectivity index (χ3v) is 3.43. The van der Waals surface area contributed by atoms with Crippen molar-refractivity contribution in [3.8, 4) is 5.75 Å². The Morgan fingerprint density at radius 3 is 2.75 bits per heavy atom. The average molecular weight is 221 g/mol. The summed E-state index contributed by atoms with van der Waals surface area (Å²) in [5.74, 6) is 0.841. The molecule has 3 heteroatoms. The lowest BCUT2D eigenvalue weighted by atomic mass is 9.69. The third kappa shape index (κ3) is 1.60. The Kier molecular flexibility index (Phi) is 2.68. The molecular formula is C13H19NO2. The van der Waals surface area contributed by atoms with Crippen LogP contribution in [-0.4, -0.2) is 18.3 Å². The van der Waals surface area contributed by atoms with Gasteiger partial charge in [-0.2, -0.15) is 0 Å². The number of fused-ring (bicyclic) bond motifs is 1. The number of methoxy groups -OCH3 is 1. The smallest absolute Gasteiger partial charge is 0.122 e. The first kappa shape index (κ1) is 11.4.